The van der Waals surface area contributed by atoms with Crippen LogP contribution >= 0.6 is 46.4 Å². The average molecular weight is 629 g/mol. The molecule has 5 nitrogen and oxygen atoms in total. The van der Waals surface area contributed by atoms with Crippen molar-refractivity contribution < 1.29 is 14.6 Å². The van der Waals surface area contributed by atoms with E-state index in [1.54, 1.807) is 0 Å². The number of carboxylic acids is 1. The molecule has 9 heteroatoms. The van der Waals surface area contributed by atoms with E-state index in [4.69, 9.17) is 51.1 Å². The Morgan fingerprint density at radius 3 is 2.27 bits per heavy atom. The van der Waals surface area contributed by atoms with Crippen molar-refractivity contribution in [1.82, 2.24) is 4.58 Å². The molecule has 210 valence electrons. The minimum atomic E-state index is -1.21. The number of halogens is 4. The Hall–Kier alpha value is -2.44. The molecule has 0 aliphatic carbocycles. The Kier molecular flexibility index (Phi) is 6.10. The number of anilines is 1. The van der Waals surface area contributed by atoms with Crippen molar-refractivity contribution in [2.24, 2.45) is 0 Å². The lowest BCUT2D eigenvalue weighted by atomic mass is 9.81. The standard InChI is InChI=1S/C32H26Cl4N2O3/c33-24-22(23(32(39)40)25(34)27(36)26(24)35)21-19-13-15-5-1-9-37-11-3-7-17(28(15)37)30(19)41-31-18-8-4-12-38-10-2-6-16(29(18)38)14-20(21)31/h13-14H,1-12H2/p+1. The van der Waals surface area contributed by atoms with Gasteiger partial charge in [0.2, 0.25) is 5.36 Å². The van der Waals surface area contributed by atoms with Crippen LogP contribution in [0.5, 0.6) is 11.5 Å². The Labute approximate surface area is 257 Å². The minimum Gasteiger partial charge on any atom is -0.478 e. The summed E-state index contributed by atoms with van der Waals surface area (Å²) < 4.78 is 9.52. The molecule has 0 fully saturated rings. The molecule has 8 rings (SSSR count). The van der Waals surface area contributed by atoms with Crippen LogP contribution in [-0.4, -0.2) is 37.3 Å². The van der Waals surface area contributed by atoms with Crippen LogP contribution in [0, 0.1) is 0 Å². The molecule has 1 N–H and O–H groups in total. The number of aryl methyl sites for hydroxylation is 2. The molecule has 3 aromatic rings. The van der Waals surface area contributed by atoms with Gasteiger partial charge in [0, 0.05) is 64.7 Å². The number of carboxylic acid groups (broad SMARTS) is 1. The summed E-state index contributed by atoms with van der Waals surface area (Å²) in [5.41, 5.74) is 7.94. The van der Waals surface area contributed by atoms with Gasteiger partial charge in [-0.15, -0.1) is 0 Å². The van der Waals surface area contributed by atoms with E-state index in [9.17, 15) is 9.90 Å². The maximum Gasteiger partial charge on any atom is 0.337 e. The van der Waals surface area contributed by atoms with E-state index < -0.39 is 5.97 Å². The van der Waals surface area contributed by atoms with Crippen molar-refractivity contribution in [1.29, 1.82) is 0 Å². The second kappa shape index (κ2) is 9.54. The Balaban J connectivity index is 1.59. The van der Waals surface area contributed by atoms with Crippen molar-refractivity contribution in [3.8, 4) is 11.5 Å². The number of hydrogen-bond acceptors (Lipinski definition) is 3. The third-order valence-corrected chi connectivity index (χ3v) is 11.2. The van der Waals surface area contributed by atoms with Crippen LogP contribution in [0.25, 0.3) is 5.57 Å². The fourth-order valence-electron chi connectivity index (χ4n) is 7.85. The molecule has 5 aliphatic rings. The van der Waals surface area contributed by atoms with Crippen LogP contribution < -0.4 is 24.8 Å². The summed E-state index contributed by atoms with van der Waals surface area (Å²) in [6.45, 7) is 4.15. The van der Waals surface area contributed by atoms with Gasteiger partial charge in [-0.2, -0.15) is 0 Å². The molecule has 0 radical (unpaired) electrons. The first-order valence-electron chi connectivity index (χ1n) is 14.4. The number of carbonyl (C=O) groups is 1. The van der Waals surface area contributed by atoms with Gasteiger partial charge in [-0.1, -0.05) is 46.4 Å². The first-order valence-corrected chi connectivity index (χ1v) is 15.9. The van der Waals surface area contributed by atoms with E-state index in [1.807, 2.05) is 0 Å². The number of hydrogen-bond donors (Lipinski definition) is 1. The van der Waals surface area contributed by atoms with Crippen molar-refractivity contribution in [2.75, 3.05) is 31.1 Å². The van der Waals surface area contributed by atoms with Crippen LogP contribution in [0.1, 0.15) is 69.4 Å². The average Bonchev–Trinajstić information content (AvgIpc) is 2.98. The monoisotopic (exact) mass is 627 g/mol. The zero-order valence-electron chi connectivity index (χ0n) is 22.3. The molecule has 0 aromatic heterocycles. The van der Waals surface area contributed by atoms with Gasteiger partial charge in [0.15, 0.2) is 0 Å². The summed E-state index contributed by atoms with van der Waals surface area (Å²) in [5, 5.41) is 12.6. The normalized spacial score (nSPS) is 18.3. The van der Waals surface area contributed by atoms with Gasteiger partial charge in [0.25, 0.3) is 0 Å². The topological polar surface area (TPSA) is 52.8 Å². The summed E-state index contributed by atoms with van der Waals surface area (Å²) in [6, 6.07) is 4.39. The van der Waals surface area contributed by atoms with E-state index in [0.717, 1.165) is 99.8 Å². The van der Waals surface area contributed by atoms with Gasteiger partial charge in [-0.25, -0.2) is 9.37 Å². The molecule has 0 bridgehead atoms. The van der Waals surface area contributed by atoms with Crippen molar-refractivity contribution in [3.05, 3.63) is 81.7 Å². The van der Waals surface area contributed by atoms with Crippen molar-refractivity contribution >= 4 is 63.6 Å². The van der Waals surface area contributed by atoms with E-state index in [2.05, 4.69) is 21.6 Å². The van der Waals surface area contributed by atoms with Crippen LogP contribution in [0.2, 0.25) is 20.1 Å². The predicted molar refractivity (Wildman–Crippen MR) is 164 cm³/mol. The van der Waals surface area contributed by atoms with Gasteiger partial charge in [0.1, 0.15) is 24.6 Å². The van der Waals surface area contributed by atoms with Gasteiger partial charge in [0.05, 0.1) is 31.2 Å². The number of fused-ring (bicyclic) bond motifs is 4. The quantitative estimate of drug-likeness (QED) is 0.158. The highest BCUT2D eigenvalue weighted by atomic mass is 35.5. The fraction of sp³-hybridized carbons (Fsp3) is 0.375. The SMILES string of the molecule is O=C(O)c1c(Cl)c(Cl)c(Cl)c(Cl)c1C1=c2cc3c4c(c2Oc2c1cc1c5c2CCCN5CCC1)CCC[N+]=4CCC3. The third-order valence-electron chi connectivity index (χ3n) is 9.42. The summed E-state index contributed by atoms with van der Waals surface area (Å²) in [7, 11) is 0. The Morgan fingerprint density at radius 2 is 1.49 bits per heavy atom. The van der Waals surface area contributed by atoms with Crippen molar-refractivity contribution in [3.63, 3.8) is 0 Å². The Morgan fingerprint density at radius 1 is 0.805 bits per heavy atom. The highest BCUT2D eigenvalue weighted by molar-refractivity contribution is 6.53. The predicted octanol–water partition coefficient (Wildman–Crippen LogP) is 6.43. The molecular formula is C32H27Cl4N2O3+. The lowest BCUT2D eigenvalue weighted by Gasteiger charge is -2.39. The molecule has 0 spiro atoms. The second-order valence-corrected chi connectivity index (χ2v) is 13.2. The molecule has 0 saturated carbocycles. The lowest BCUT2D eigenvalue weighted by molar-refractivity contribution is 0.0696. The summed E-state index contributed by atoms with van der Waals surface area (Å²) in [5.74, 6) is 0.400. The van der Waals surface area contributed by atoms with Crippen molar-refractivity contribution in [2.45, 2.75) is 51.4 Å². The van der Waals surface area contributed by atoms with E-state index in [1.165, 1.54) is 33.3 Å². The van der Waals surface area contributed by atoms with E-state index in [0.29, 0.717) is 11.1 Å². The number of nitrogens with zero attached hydrogens (tertiary/aromatic N) is 2. The van der Waals surface area contributed by atoms with E-state index >= 15 is 0 Å². The number of aromatic carboxylic acids is 1. The Bertz CT molecular complexity index is 1860. The minimum absolute atomic E-state index is 0.0522. The van der Waals surface area contributed by atoms with E-state index in [-0.39, 0.29) is 25.7 Å². The van der Waals surface area contributed by atoms with Crippen LogP contribution in [-0.2, 0) is 25.7 Å². The number of rotatable bonds is 2. The lowest BCUT2D eigenvalue weighted by Crippen LogP contribution is -2.45. The van der Waals surface area contributed by atoms with Gasteiger partial charge in [-0.3, -0.25) is 0 Å². The molecular weight excluding hydrogens is 602 g/mol. The van der Waals surface area contributed by atoms with Gasteiger partial charge >= 0.3 is 5.97 Å². The van der Waals surface area contributed by atoms with Crippen LogP contribution in [0.15, 0.2) is 12.1 Å². The highest BCUT2D eigenvalue weighted by Crippen LogP contribution is 2.52. The first kappa shape index (κ1) is 26.2. The molecule has 0 unspecified atom stereocenters. The zero-order chi connectivity index (χ0) is 28.2. The maximum atomic E-state index is 12.8. The summed E-state index contributed by atoms with van der Waals surface area (Å²) >= 11 is 26.7. The summed E-state index contributed by atoms with van der Waals surface area (Å²) in [4.78, 5) is 15.3. The maximum absolute atomic E-state index is 12.8. The molecule has 41 heavy (non-hydrogen) atoms. The largest absolute Gasteiger partial charge is 0.478 e. The number of benzene rings is 3. The first-order chi connectivity index (χ1) is 19.8. The van der Waals surface area contributed by atoms with Gasteiger partial charge < -0.3 is 14.7 Å². The smallest absolute Gasteiger partial charge is 0.337 e. The molecule has 0 saturated heterocycles. The fourth-order valence-corrected chi connectivity index (χ4v) is 8.88. The zero-order valence-corrected chi connectivity index (χ0v) is 25.3. The van der Waals surface area contributed by atoms with Crippen LogP contribution in [0.3, 0.4) is 0 Å². The third kappa shape index (κ3) is 3.68. The molecule has 0 atom stereocenters. The van der Waals surface area contributed by atoms with Gasteiger partial charge in [-0.05, 0) is 56.2 Å². The van der Waals surface area contributed by atoms with Crippen LogP contribution in [0.4, 0.5) is 5.69 Å². The second-order valence-electron chi connectivity index (χ2n) is 11.7. The highest BCUT2D eigenvalue weighted by Gasteiger charge is 2.38. The summed E-state index contributed by atoms with van der Waals surface area (Å²) in [6.07, 6.45) is 7.95. The number of ether oxygens (including phenoxy) is 1. The molecule has 3 aromatic carbocycles. The molecule has 5 heterocycles. The molecule has 5 aliphatic heterocycles. The molecule has 0 amide bonds.